The van der Waals surface area contributed by atoms with Gasteiger partial charge in [0.15, 0.2) is 11.0 Å². The minimum Gasteiger partial charge on any atom is -0.497 e. The maximum Gasteiger partial charge on any atom is 0.234 e. The monoisotopic (exact) mass is 384 g/mol. The minimum atomic E-state index is -0.171. The highest BCUT2D eigenvalue weighted by atomic mass is 32.2. The Morgan fingerprint density at radius 2 is 1.89 bits per heavy atom. The molecule has 3 aromatic rings. The van der Waals surface area contributed by atoms with Crippen LogP contribution in [0.5, 0.6) is 11.5 Å². The molecule has 0 radical (unpaired) electrons. The molecule has 0 atom stereocenters. The summed E-state index contributed by atoms with van der Waals surface area (Å²) < 4.78 is 12.3. The van der Waals surface area contributed by atoms with Crippen LogP contribution < -0.4 is 14.8 Å². The number of rotatable bonds is 7. The SMILES string of the molecule is COc1ccc(OC)c(NC(=O)CSc2nnc(-c3ccccc3)n2C)c1. The normalized spacial score (nSPS) is 10.5. The van der Waals surface area contributed by atoms with Gasteiger partial charge in [0, 0.05) is 18.7 Å². The van der Waals surface area contributed by atoms with E-state index in [1.165, 1.54) is 11.8 Å². The molecule has 0 aliphatic heterocycles. The minimum absolute atomic E-state index is 0.171. The van der Waals surface area contributed by atoms with Crippen molar-refractivity contribution in [3.05, 3.63) is 48.5 Å². The number of aromatic nitrogens is 3. The number of benzene rings is 2. The fourth-order valence-electron chi connectivity index (χ4n) is 2.51. The average molecular weight is 384 g/mol. The highest BCUT2D eigenvalue weighted by Gasteiger charge is 2.14. The Bertz CT molecular complexity index is 928. The summed E-state index contributed by atoms with van der Waals surface area (Å²) in [5.41, 5.74) is 1.54. The first-order valence-electron chi connectivity index (χ1n) is 8.22. The summed E-state index contributed by atoms with van der Waals surface area (Å²) in [6.45, 7) is 0. The molecule has 0 aliphatic carbocycles. The van der Waals surface area contributed by atoms with Gasteiger partial charge >= 0.3 is 0 Å². The Labute approximate surface area is 161 Å². The molecular formula is C19H20N4O3S. The fraction of sp³-hybridized carbons (Fsp3) is 0.211. The van der Waals surface area contributed by atoms with Crippen LogP contribution in [-0.4, -0.2) is 40.6 Å². The topological polar surface area (TPSA) is 78.3 Å². The van der Waals surface area contributed by atoms with Crippen molar-refractivity contribution in [2.45, 2.75) is 5.16 Å². The highest BCUT2D eigenvalue weighted by molar-refractivity contribution is 7.99. The van der Waals surface area contributed by atoms with Gasteiger partial charge in [0.2, 0.25) is 5.91 Å². The van der Waals surface area contributed by atoms with Gasteiger partial charge in [0.05, 0.1) is 25.7 Å². The lowest BCUT2D eigenvalue weighted by atomic mass is 10.2. The molecule has 0 aliphatic rings. The third-order valence-electron chi connectivity index (χ3n) is 3.88. The van der Waals surface area contributed by atoms with E-state index in [1.807, 2.05) is 41.9 Å². The Hall–Kier alpha value is -3.00. The number of methoxy groups -OCH3 is 2. The molecular weight excluding hydrogens is 364 g/mol. The Kier molecular flexibility index (Phi) is 5.97. The summed E-state index contributed by atoms with van der Waals surface area (Å²) in [6.07, 6.45) is 0. The van der Waals surface area contributed by atoms with E-state index in [-0.39, 0.29) is 11.7 Å². The number of amides is 1. The zero-order valence-electron chi connectivity index (χ0n) is 15.3. The molecule has 0 fully saturated rings. The lowest BCUT2D eigenvalue weighted by Crippen LogP contribution is -2.15. The van der Waals surface area contributed by atoms with Crippen LogP contribution in [0.25, 0.3) is 11.4 Å². The van der Waals surface area contributed by atoms with Crippen LogP contribution in [0.4, 0.5) is 5.69 Å². The maximum absolute atomic E-state index is 12.4. The lowest BCUT2D eigenvalue weighted by molar-refractivity contribution is -0.113. The van der Waals surface area contributed by atoms with Crippen LogP contribution in [0.15, 0.2) is 53.7 Å². The van der Waals surface area contributed by atoms with Gasteiger partial charge in [-0.25, -0.2) is 0 Å². The standard InChI is InChI=1S/C19H20N4O3S/c1-23-18(13-7-5-4-6-8-13)21-22-19(23)27-12-17(24)20-15-11-14(25-2)9-10-16(15)26-3/h4-11H,12H2,1-3H3,(H,20,24). The number of thioether (sulfide) groups is 1. The zero-order chi connectivity index (χ0) is 19.2. The van der Waals surface area contributed by atoms with Crippen molar-refractivity contribution < 1.29 is 14.3 Å². The predicted octanol–water partition coefficient (Wildman–Crippen LogP) is 3.23. The van der Waals surface area contributed by atoms with E-state index >= 15 is 0 Å². The van der Waals surface area contributed by atoms with Gasteiger partial charge in [-0.3, -0.25) is 4.79 Å². The first-order valence-corrected chi connectivity index (χ1v) is 9.20. The second-order valence-corrected chi connectivity index (χ2v) is 6.58. The maximum atomic E-state index is 12.4. The number of carbonyl (C=O) groups is 1. The summed E-state index contributed by atoms with van der Waals surface area (Å²) in [5.74, 6) is 1.99. The smallest absolute Gasteiger partial charge is 0.234 e. The van der Waals surface area contributed by atoms with Crippen molar-refractivity contribution in [2.75, 3.05) is 25.3 Å². The summed E-state index contributed by atoms with van der Waals surface area (Å²) in [4.78, 5) is 12.4. The third kappa shape index (κ3) is 4.40. The van der Waals surface area contributed by atoms with Crippen LogP contribution in [0.1, 0.15) is 0 Å². The van der Waals surface area contributed by atoms with E-state index in [9.17, 15) is 4.79 Å². The predicted molar refractivity (Wildman–Crippen MR) is 105 cm³/mol. The van der Waals surface area contributed by atoms with Crippen molar-refractivity contribution in [3.63, 3.8) is 0 Å². The first-order chi connectivity index (χ1) is 13.1. The van der Waals surface area contributed by atoms with Crippen LogP contribution in [0.3, 0.4) is 0 Å². The third-order valence-corrected chi connectivity index (χ3v) is 4.90. The number of hydrogen-bond donors (Lipinski definition) is 1. The molecule has 2 aromatic carbocycles. The molecule has 1 amide bonds. The van der Waals surface area contributed by atoms with Crippen LogP contribution in [0.2, 0.25) is 0 Å². The van der Waals surface area contributed by atoms with Gasteiger partial charge in [-0.2, -0.15) is 0 Å². The zero-order valence-corrected chi connectivity index (χ0v) is 16.1. The van der Waals surface area contributed by atoms with Gasteiger partial charge in [-0.05, 0) is 12.1 Å². The molecule has 0 spiro atoms. The van der Waals surface area contributed by atoms with E-state index in [0.717, 1.165) is 11.4 Å². The molecule has 0 unspecified atom stereocenters. The van der Waals surface area contributed by atoms with E-state index in [2.05, 4.69) is 15.5 Å². The first kappa shape index (κ1) is 18.8. The quantitative estimate of drug-likeness (QED) is 0.630. The Balaban J connectivity index is 1.66. The van der Waals surface area contributed by atoms with Gasteiger partial charge < -0.3 is 19.4 Å². The van der Waals surface area contributed by atoms with Crippen molar-refractivity contribution >= 4 is 23.4 Å². The van der Waals surface area contributed by atoms with Crippen molar-refractivity contribution in [2.24, 2.45) is 7.05 Å². The molecule has 1 N–H and O–H groups in total. The number of hydrogen-bond acceptors (Lipinski definition) is 6. The van der Waals surface area contributed by atoms with Gasteiger partial charge in [-0.1, -0.05) is 42.1 Å². The van der Waals surface area contributed by atoms with E-state index in [1.54, 1.807) is 32.4 Å². The molecule has 8 heteroatoms. The summed E-state index contributed by atoms with van der Waals surface area (Å²) >= 11 is 1.32. The summed E-state index contributed by atoms with van der Waals surface area (Å²) in [5, 5.41) is 11.9. The summed E-state index contributed by atoms with van der Waals surface area (Å²) in [7, 11) is 5.01. The van der Waals surface area contributed by atoms with Crippen LogP contribution in [-0.2, 0) is 11.8 Å². The number of anilines is 1. The molecule has 1 heterocycles. The Morgan fingerprint density at radius 1 is 1.11 bits per heavy atom. The second kappa shape index (κ2) is 8.59. The molecule has 140 valence electrons. The second-order valence-electron chi connectivity index (χ2n) is 5.63. The highest BCUT2D eigenvalue weighted by Crippen LogP contribution is 2.29. The van der Waals surface area contributed by atoms with E-state index in [4.69, 9.17) is 9.47 Å². The summed E-state index contributed by atoms with van der Waals surface area (Å²) in [6, 6.07) is 15.0. The fourth-order valence-corrected chi connectivity index (χ4v) is 3.22. The van der Waals surface area contributed by atoms with Gasteiger partial charge in [0.25, 0.3) is 0 Å². The van der Waals surface area contributed by atoms with E-state index < -0.39 is 0 Å². The number of ether oxygens (including phenoxy) is 2. The molecule has 3 rings (SSSR count). The molecule has 7 nitrogen and oxygen atoms in total. The Morgan fingerprint density at radius 3 is 2.59 bits per heavy atom. The number of nitrogens with zero attached hydrogens (tertiary/aromatic N) is 3. The van der Waals surface area contributed by atoms with Crippen LogP contribution in [0, 0.1) is 0 Å². The van der Waals surface area contributed by atoms with Crippen molar-refractivity contribution in [1.29, 1.82) is 0 Å². The van der Waals surface area contributed by atoms with Gasteiger partial charge in [-0.15, -0.1) is 10.2 Å². The van der Waals surface area contributed by atoms with Gasteiger partial charge in [0.1, 0.15) is 11.5 Å². The van der Waals surface area contributed by atoms with E-state index in [0.29, 0.717) is 22.3 Å². The van der Waals surface area contributed by atoms with Crippen molar-refractivity contribution in [1.82, 2.24) is 14.8 Å². The molecule has 1 aromatic heterocycles. The number of nitrogens with one attached hydrogen (secondary N) is 1. The molecule has 0 saturated carbocycles. The average Bonchev–Trinajstić information content (AvgIpc) is 3.07. The largest absolute Gasteiger partial charge is 0.497 e. The molecule has 27 heavy (non-hydrogen) atoms. The van der Waals surface area contributed by atoms with Crippen molar-refractivity contribution in [3.8, 4) is 22.9 Å². The lowest BCUT2D eigenvalue weighted by Gasteiger charge is -2.11. The molecule has 0 bridgehead atoms. The van der Waals surface area contributed by atoms with Crippen LogP contribution >= 0.6 is 11.8 Å². The number of carbonyl (C=O) groups excluding carboxylic acids is 1. The molecule has 0 saturated heterocycles.